The summed E-state index contributed by atoms with van der Waals surface area (Å²) in [5, 5.41) is 0. The molecule has 0 spiro atoms. The summed E-state index contributed by atoms with van der Waals surface area (Å²) in [4.78, 5) is 4.55. The zero-order valence-corrected chi connectivity index (χ0v) is 15.2. The molecular weight excluding hydrogens is 270 g/mol. The van der Waals surface area contributed by atoms with Crippen LogP contribution in [0.2, 0.25) is 0 Å². The van der Waals surface area contributed by atoms with Crippen molar-refractivity contribution in [2.75, 3.05) is 6.61 Å². The van der Waals surface area contributed by atoms with Crippen LogP contribution in [0.5, 0.6) is 0 Å². The van der Waals surface area contributed by atoms with Gasteiger partial charge in [0.15, 0.2) is 0 Å². The molecule has 0 aliphatic heterocycles. The van der Waals surface area contributed by atoms with Gasteiger partial charge in [-0.25, -0.2) is 5.90 Å². The van der Waals surface area contributed by atoms with Gasteiger partial charge in [0.25, 0.3) is 0 Å². The maximum atomic E-state index is 5.01. The average molecular weight is 306 g/mol. The molecule has 0 amide bonds. The van der Waals surface area contributed by atoms with Crippen molar-refractivity contribution < 1.29 is 4.84 Å². The zero-order valence-electron chi connectivity index (χ0n) is 15.2. The van der Waals surface area contributed by atoms with E-state index in [4.69, 9.17) is 5.90 Å². The lowest BCUT2D eigenvalue weighted by molar-refractivity contribution is 0.167. The fourth-order valence-electron chi connectivity index (χ4n) is 2.18. The molecule has 0 saturated heterocycles. The molecule has 126 valence electrons. The van der Waals surface area contributed by atoms with Crippen LogP contribution >= 0.6 is 0 Å². The van der Waals surface area contributed by atoms with Crippen LogP contribution in [0.1, 0.15) is 73.1 Å². The average Bonchev–Trinajstić information content (AvgIpc) is 2.44. The first-order valence-corrected chi connectivity index (χ1v) is 8.37. The summed E-state index contributed by atoms with van der Waals surface area (Å²) in [6.45, 7) is 11.4. The lowest BCUT2D eigenvalue weighted by atomic mass is 10.0. The fraction of sp³-hybridized carbons (Fsp3) is 0.600. The van der Waals surface area contributed by atoms with Crippen LogP contribution in [0.15, 0.2) is 46.6 Å². The molecule has 0 aliphatic carbocycles. The molecular formula is C20H35NO. The van der Waals surface area contributed by atoms with Gasteiger partial charge in [0.2, 0.25) is 0 Å². The van der Waals surface area contributed by atoms with Gasteiger partial charge in [-0.3, -0.25) is 0 Å². The number of nitrogens with two attached hydrogens (primary N) is 1. The maximum absolute atomic E-state index is 5.01. The summed E-state index contributed by atoms with van der Waals surface area (Å²) in [6.07, 6.45) is 15.9. The van der Waals surface area contributed by atoms with Crippen molar-refractivity contribution in [2.24, 2.45) is 5.90 Å². The van der Waals surface area contributed by atoms with E-state index in [9.17, 15) is 0 Å². The third-order valence-corrected chi connectivity index (χ3v) is 3.68. The van der Waals surface area contributed by atoms with Crippen molar-refractivity contribution >= 4 is 0 Å². The highest BCUT2D eigenvalue weighted by Gasteiger charge is 1.93. The summed E-state index contributed by atoms with van der Waals surface area (Å²) in [5.74, 6) is 5.01. The summed E-state index contributed by atoms with van der Waals surface area (Å²) >= 11 is 0. The second-order valence-electron chi connectivity index (χ2n) is 6.38. The second-order valence-corrected chi connectivity index (χ2v) is 6.38. The van der Waals surface area contributed by atoms with E-state index in [0.717, 1.165) is 32.1 Å². The van der Waals surface area contributed by atoms with Crippen molar-refractivity contribution in [3.8, 4) is 0 Å². The topological polar surface area (TPSA) is 35.2 Å². The summed E-state index contributed by atoms with van der Waals surface area (Å²) < 4.78 is 0. The molecule has 2 N–H and O–H groups in total. The van der Waals surface area contributed by atoms with Crippen molar-refractivity contribution in [3.05, 3.63) is 46.6 Å². The molecule has 0 atom stereocenters. The Labute approximate surface area is 137 Å². The van der Waals surface area contributed by atoms with E-state index < -0.39 is 0 Å². The second kappa shape index (κ2) is 13.5. The Balaban J connectivity index is 3.94. The van der Waals surface area contributed by atoms with E-state index in [-0.39, 0.29) is 0 Å². The summed E-state index contributed by atoms with van der Waals surface area (Å²) in [7, 11) is 0. The van der Waals surface area contributed by atoms with Crippen molar-refractivity contribution in [1.82, 2.24) is 0 Å². The molecule has 0 saturated carbocycles. The smallest absolute Gasteiger partial charge is 0.0863 e. The molecule has 0 aliphatic rings. The third-order valence-electron chi connectivity index (χ3n) is 3.68. The highest BCUT2D eigenvalue weighted by molar-refractivity contribution is 5.07. The van der Waals surface area contributed by atoms with Crippen LogP contribution in [0.3, 0.4) is 0 Å². The molecule has 0 radical (unpaired) electrons. The highest BCUT2D eigenvalue weighted by atomic mass is 16.6. The van der Waals surface area contributed by atoms with Crippen molar-refractivity contribution in [1.29, 1.82) is 0 Å². The van der Waals surface area contributed by atoms with Gasteiger partial charge in [-0.15, -0.1) is 0 Å². The van der Waals surface area contributed by atoms with Crippen molar-refractivity contribution in [3.63, 3.8) is 0 Å². The molecule has 0 rings (SSSR count). The zero-order chi connectivity index (χ0) is 16.8. The highest BCUT2D eigenvalue weighted by Crippen LogP contribution is 2.13. The van der Waals surface area contributed by atoms with Gasteiger partial charge in [0, 0.05) is 0 Å². The number of hydrogen-bond donors (Lipinski definition) is 1. The minimum absolute atomic E-state index is 0.505. The van der Waals surface area contributed by atoms with E-state index in [1.165, 1.54) is 28.7 Å². The van der Waals surface area contributed by atoms with E-state index in [1.807, 2.05) is 6.08 Å². The lowest BCUT2D eigenvalue weighted by Crippen LogP contribution is -1.98. The van der Waals surface area contributed by atoms with Gasteiger partial charge in [-0.1, -0.05) is 46.6 Å². The minimum atomic E-state index is 0.505. The van der Waals surface area contributed by atoms with Gasteiger partial charge >= 0.3 is 0 Å². The van der Waals surface area contributed by atoms with Crippen LogP contribution in [-0.4, -0.2) is 6.61 Å². The normalized spacial score (nSPS) is 13.5. The van der Waals surface area contributed by atoms with Gasteiger partial charge in [0.05, 0.1) is 6.61 Å². The van der Waals surface area contributed by atoms with Crippen LogP contribution < -0.4 is 5.90 Å². The predicted octanol–water partition coefficient (Wildman–Crippen LogP) is 6.02. The molecule has 0 bridgehead atoms. The molecule has 0 unspecified atom stereocenters. The van der Waals surface area contributed by atoms with Crippen LogP contribution in [0.4, 0.5) is 0 Å². The van der Waals surface area contributed by atoms with Gasteiger partial charge in [-0.05, 0) is 73.1 Å². The van der Waals surface area contributed by atoms with E-state index >= 15 is 0 Å². The molecule has 0 fully saturated rings. The molecule has 0 aromatic carbocycles. The van der Waals surface area contributed by atoms with E-state index in [2.05, 4.69) is 57.7 Å². The Morgan fingerprint density at radius 3 is 1.50 bits per heavy atom. The standard InChI is InChI=1S/C20H35NO/c1-17(2)9-6-10-18(3)11-7-12-19(4)13-8-14-20(5)15-16-22-21/h9,11,13,15H,6-8,10,12,14,16,21H2,1-5H3. The van der Waals surface area contributed by atoms with Crippen LogP contribution in [0.25, 0.3) is 0 Å². The fourth-order valence-corrected chi connectivity index (χ4v) is 2.18. The number of hydrogen-bond acceptors (Lipinski definition) is 2. The molecule has 0 aromatic rings. The Hall–Kier alpha value is -1.12. The quantitative estimate of drug-likeness (QED) is 0.374. The first-order chi connectivity index (χ1) is 10.5. The van der Waals surface area contributed by atoms with E-state index in [0.29, 0.717) is 6.61 Å². The number of allylic oxidation sites excluding steroid dienone is 7. The molecule has 2 heteroatoms. The largest absolute Gasteiger partial charge is 0.300 e. The molecule has 0 heterocycles. The van der Waals surface area contributed by atoms with Crippen LogP contribution in [0, 0.1) is 0 Å². The first kappa shape index (κ1) is 20.9. The number of rotatable bonds is 11. The Morgan fingerprint density at radius 2 is 1.09 bits per heavy atom. The minimum Gasteiger partial charge on any atom is -0.300 e. The van der Waals surface area contributed by atoms with Crippen molar-refractivity contribution in [2.45, 2.75) is 73.1 Å². The van der Waals surface area contributed by atoms with Gasteiger partial charge in [0.1, 0.15) is 0 Å². The Bertz CT molecular complexity index is 409. The van der Waals surface area contributed by atoms with E-state index in [1.54, 1.807) is 0 Å². The maximum Gasteiger partial charge on any atom is 0.0863 e. The first-order valence-electron chi connectivity index (χ1n) is 8.37. The van der Waals surface area contributed by atoms with Gasteiger partial charge in [-0.2, -0.15) is 0 Å². The monoisotopic (exact) mass is 305 g/mol. The Morgan fingerprint density at radius 1 is 0.682 bits per heavy atom. The molecule has 2 nitrogen and oxygen atoms in total. The summed E-state index contributed by atoms with van der Waals surface area (Å²) in [5.41, 5.74) is 5.74. The molecule has 22 heavy (non-hydrogen) atoms. The Kier molecular flexibility index (Phi) is 12.8. The molecule has 0 aromatic heterocycles. The van der Waals surface area contributed by atoms with Crippen LogP contribution in [-0.2, 0) is 4.84 Å². The van der Waals surface area contributed by atoms with Gasteiger partial charge < -0.3 is 4.84 Å². The lowest BCUT2D eigenvalue weighted by Gasteiger charge is -2.02. The third kappa shape index (κ3) is 13.8. The predicted molar refractivity (Wildman–Crippen MR) is 98.5 cm³/mol. The summed E-state index contributed by atoms with van der Waals surface area (Å²) in [6, 6.07) is 0. The SMILES string of the molecule is CC(C)=CCCC(C)=CCCC(C)=CCCC(C)=CCON.